The van der Waals surface area contributed by atoms with E-state index >= 15 is 0 Å². The van der Waals surface area contributed by atoms with Crippen LogP contribution in [0.3, 0.4) is 0 Å². The van der Waals surface area contributed by atoms with Crippen LogP contribution in [0.15, 0.2) is 84.2 Å². The molecule has 5 nitrogen and oxygen atoms in total. The first-order valence-electron chi connectivity index (χ1n) is 11.5. The highest BCUT2D eigenvalue weighted by atomic mass is 32.1. The standard InChI is InChI=1S/C29H27NO4S/c1-32-25-17-21-14-15-30(29(27-13-8-16-35-27)23(21)18-26(25)33-2)28(31)19-34-24-12-7-6-11-22(24)20-9-4-3-5-10-20/h3-13,16-18,29H,14-15,19H2,1-2H3/t29-/m0/s1. The number of para-hydroxylation sites is 1. The minimum Gasteiger partial charge on any atom is -0.493 e. The van der Waals surface area contributed by atoms with Crippen molar-refractivity contribution in [2.75, 3.05) is 27.4 Å². The van der Waals surface area contributed by atoms with E-state index in [0.717, 1.165) is 28.0 Å². The Morgan fingerprint density at radius 3 is 2.40 bits per heavy atom. The van der Waals surface area contributed by atoms with Gasteiger partial charge in [0.1, 0.15) is 5.75 Å². The Balaban J connectivity index is 1.43. The van der Waals surface area contributed by atoms with Crippen LogP contribution >= 0.6 is 11.3 Å². The first kappa shape index (κ1) is 23.0. The lowest BCUT2D eigenvalue weighted by Gasteiger charge is -2.37. The molecule has 1 aliphatic rings. The summed E-state index contributed by atoms with van der Waals surface area (Å²) in [4.78, 5) is 16.6. The van der Waals surface area contributed by atoms with Gasteiger partial charge in [0.15, 0.2) is 18.1 Å². The second-order valence-corrected chi connectivity index (χ2v) is 9.29. The first-order valence-corrected chi connectivity index (χ1v) is 12.4. The second kappa shape index (κ2) is 10.2. The monoisotopic (exact) mass is 485 g/mol. The lowest BCUT2D eigenvalue weighted by Crippen LogP contribution is -2.42. The molecular weight excluding hydrogens is 458 g/mol. The van der Waals surface area contributed by atoms with Crippen molar-refractivity contribution in [3.8, 4) is 28.4 Å². The predicted octanol–water partition coefficient (Wildman–Crippen LogP) is 5.99. The smallest absolute Gasteiger partial charge is 0.261 e. The molecule has 1 aliphatic heterocycles. The number of benzene rings is 3. The maximum Gasteiger partial charge on any atom is 0.261 e. The molecule has 0 radical (unpaired) electrons. The largest absolute Gasteiger partial charge is 0.493 e. The minimum absolute atomic E-state index is 0.0334. The van der Waals surface area contributed by atoms with Crippen LogP contribution in [0.1, 0.15) is 22.0 Å². The molecule has 0 N–H and O–H groups in total. The summed E-state index contributed by atoms with van der Waals surface area (Å²) in [5.41, 5.74) is 4.26. The van der Waals surface area contributed by atoms with Crippen molar-refractivity contribution in [3.05, 3.63) is 100 Å². The predicted molar refractivity (Wildman–Crippen MR) is 138 cm³/mol. The molecule has 1 atom stereocenters. The Bertz CT molecular complexity index is 1300. The molecule has 0 bridgehead atoms. The number of nitrogens with zero attached hydrogens (tertiary/aromatic N) is 1. The molecular formula is C29H27NO4S. The average molecular weight is 486 g/mol. The molecule has 6 heteroatoms. The number of amides is 1. The number of methoxy groups -OCH3 is 2. The van der Waals surface area contributed by atoms with E-state index in [1.54, 1.807) is 25.6 Å². The average Bonchev–Trinajstić information content (AvgIpc) is 3.45. The highest BCUT2D eigenvalue weighted by Gasteiger charge is 2.34. The van der Waals surface area contributed by atoms with Crippen molar-refractivity contribution in [1.82, 2.24) is 4.90 Å². The molecule has 4 aromatic rings. The van der Waals surface area contributed by atoms with Gasteiger partial charge in [-0.1, -0.05) is 54.6 Å². The van der Waals surface area contributed by atoms with Crippen LogP contribution in [0.4, 0.5) is 0 Å². The lowest BCUT2D eigenvalue weighted by molar-refractivity contribution is -0.135. The van der Waals surface area contributed by atoms with Gasteiger partial charge in [-0.2, -0.15) is 0 Å². The fourth-order valence-corrected chi connectivity index (χ4v) is 5.49. The summed E-state index contributed by atoms with van der Waals surface area (Å²) in [7, 11) is 3.28. The fourth-order valence-electron chi connectivity index (χ4n) is 4.64. The summed E-state index contributed by atoms with van der Waals surface area (Å²) in [6.45, 7) is 0.571. The molecule has 5 rings (SSSR count). The molecule has 0 unspecified atom stereocenters. The summed E-state index contributed by atoms with van der Waals surface area (Å²) in [5.74, 6) is 2.02. The zero-order valence-electron chi connectivity index (χ0n) is 19.8. The van der Waals surface area contributed by atoms with Crippen LogP contribution in [-0.2, 0) is 11.2 Å². The van der Waals surface area contributed by atoms with Gasteiger partial charge in [-0.05, 0) is 52.8 Å². The number of carbonyl (C=O) groups is 1. The van der Waals surface area contributed by atoms with Crippen LogP contribution in [0, 0.1) is 0 Å². The molecule has 178 valence electrons. The number of ether oxygens (including phenoxy) is 3. The van der Waals surface area contributed by atoms with Gasteiger partial charge in [0.25, 0.3) is 5.91 Å². The maximum absolute atomic E-state index is 13.6. The molecule has 1 aromatic heterocycles. The third-order valence-electron chi connectivity index (χ3n) is 6.33. The van der Waals surface area contributed by atoms with Crippen LogP contribution in [0.25, 0.3) is 11.1 Å². The second-order valence-electron chi connectivity index (χ2n) is 8.31. The molecule has 0 saturated heterocycles. The lowest BCUT2D eigenvalue weighted by atomic mass is 9.90. The quantitative estimate of drug-likeness (QED) is 0.323. The van der Waals surface area contributed by atoms with Crippen molar-refractivity contribution in [3.63, 3.8) is 0 Å². The molecule has 0 aliphatic carbocycles. The van der Waals surface area contributed by atoms with Gasteiger partial charge in [0.2, 0.25) is 0 Å². The summed E-state index contributed by atoms with van der Waals surface area (Å²) in [5, 5.41) is 2.04. The zero-order valence-corrected chi connectivity index (χ0v) is 20.6. The van der Waals surface area contributed by atoms with Crippen molar-refractivity contribution in [2.45, 2.75) is 12.5 Å². The molecule has 0 spiro atoms. The third kappa shape index (κ3) is 4.62. The van der Waals surface area contributed by atoms with Gasteiger partial charge in [0, 0.05) is 17.0 Å². The molecule has 2 heterocycles. The van der Waals surface area contributed by atoms with Crippen molar-refractivity contribution < 1.29 is 19.0 Å². The van der Waals surface area contributed by atoms with Crippen molar-refractivity contribution >= 4 is 17.2 Å². The van der Waals surface area contributed by atoms with E-state index in [1.807, 2.05) is 83.1 Å². The Morgan fingerprint density at radius 2 is 1.66 bits per heavy atom. The third-order valence-corrected chi connectivity index (χ3v) is 7.25. The highest BCUT2D eigenvalue weighted by Crippen LogP contribution is 2.42. The van der Waals surface area contributed by atoms with E-state index in [-0.39, 0.29) is 18.6 Å². The number of hydrogen-bond acceptors (Lipinski definition) is 5. The number of carbonyl (C=O) groups excluding carboxylic acids is 1. The van der Waals surface area contributed by atoms with E-state index < -0.39 is 0 Å². The number of hydrogen-bond donors (Lipinski definition) is 0. The van der Waals surface area contributed by atoms with E-state index in [0.29, 0.717) is 23.8 Å². The number of thiophene rings is 1. The van der Waals surface area contributed by atoms with Crippen LogP contribution in [-0.4, -0.2) is 38.2 Å². The Kier molecular flexibility index (Phi) is 6.73. The topological polar surface area (TPSA) is 48.0 Å². The van der Waals surface area contributed by atoms with E-state index in [2.05, 4.69) is 6.07 Å². The Labute approximate surface area is 209 Å². The molecule has 0 saturated carbocycles. The Hall–Kier alpha value is -3.77. The SMILES string of the molecule is COc1cc2c(cc1OC)[C@@H](c1cccs1)N(C(=O)COc1ccccc1-c1ccccc1)CC2. The van der Waals surface area contributed by atoms with Gasteiger partial charge in [-0.25, -0.2) is 0 Å². The molecule has 1 amide bonds. The van der Waals surface area contributed by atoms with Crippen molar-refractivity contribution in [2.24, 2.45) is 0 Å². The summed E-state index contributed by atoms with van der Waals surface area (Å²) in [6, 6.07) is 25.8. The number of rotatable bonds is 7. The van der Waals surface area contributed by atoms with Crippen molar-refractivity contribution in [1.29, 1.82) is 0 Å². The van der Waals surface area contributed by atoms with Crippen LogP contribution in [0.2, 0.25) is 0 Å². The molecule has 35 heavy (non-hydrogen) atoms. The van der Waals surface area contributed by atoms with E-state index in [4.69, 9.17) is 14.2 Å². The highest BCUT2D eigenvalue weighted by molar-refractivity contribution is 7.10. The van der Waals surface area contributed by atoms with E-state index in [1.165, 1.54) is 5.56 Å². The maximum atomic E-state index is 13.6. The summed E-state index contributed by atoms with van der Waals surface area (Å²) in [6.07, 6.45) is 0.740. The number of fused-ring (bicyclic) bond motifs is 1. The molecule has 0 fully saturated rings. The van der Waals surface area contributed by atoms with E-state index in [9.17, 15) is 4.79 Å². The summed E-state index contributed by atoms with van der Waals surface area (Å²) >= 11 is 1.65. The van der Waals surface area contributed by atoms with Gasteiger partial charge in [-0.15, -0.1) is 11.3 Å². The van der Waals surface area contributed by atoms with Gasteiger partial charge in [0.05, 0.1) is 20.3 Å². The van der Waals surface area contributed by atoms with Gasteiger partial charge < -0.3 is 19.1 Å². The van der Waals surface area contributed by atoms with Crippen LogP contribution < -0.4 is 14.2 Å². The van der Waals surface area contributed by atoms with Gasteiger partial charge in [-0.3, -0.25) is 4.79 Å². The fraction of sp³-hybridized carbons (Fsp3) is 0.207. The summed E-state index contributed by atoms with van der Waals surface area (Å²) < 4.78 is 17.2. The zero-order chi connectivity index (χ0) is 24.2. The first-order chi connectivity index (χ1) is 17.2. The van der Waals surface area contributed by atoms with Gasteiger partial charge >= 0.3 is 0 Å². The molecule has 3 aromatic carbocycles. The normalized spacial score (nSPS) is 14.8. The van der Waals surface area contributed by atoms with Crippen LogP contribution in [0.5, 0.6) is 17.2 Å². The minimum atomic E-state index is -0.195. The Morgan fingerprint density at radius 1 is 0.914 bits per heavy atom.